The van der Waals surface area contributed by atoms with Gasteiger partial charge in [0.25, 0.3) is 0 Å². The zero-order valence-electron chi connectivity index (χ0n) is 65.4. The lowest BCUT2D eigenvalue weighted by Crippen LogP contribution is -2.93. The second-order valence-electron chi connectivity index (χ2n) is 33.5. The van der Waals surface area contributed by atoms with Crippen LogP contribution in [0.5, 0.6) is 0 Å². The van der Waals surface area contributed by atoms with E-state index in [1.807, 2.05) is 0 Å². The molecule has 5 heteroatoms. The Balaban J connectivity index is 0.828. The van der Waals surface area contributed by atoms with Gasteiger partial charge in [0.05, 0.1) is 33.1 Å². The van der Waals surface area contributed by atoms with Gasteiger partial charge in [-0.3, -0.25) is 0 Å². The molecule has 0 radical (unpaired) electrons. The van der Waals surface area contributed by atoms with Crippen molar-refractivity contribution in [3.05, 3.63) is 439 Å². The minimum atomic E-state index is -3.12. The van der Waals surface area contributed by atoms with Gasteiger partial charge in [-0.1, -0.05) is 353 Å². The Labute approximate surface area is 665 Å². The van der Waals surface area contributed by atoms with Crippen molar-refractivity contribution in [1.29, 1.82) is 0 Å². The highest BCUT2D eigenvalue weighted by molar-refractivity contribution is 7.33. The molecule has 3 aromatic heterocycles. The fourth-order valence-corrected chi connectivity index (χ4v) is 31.9. The Kier molecular flexibility index (Phi) is 16.3. The van der Waals surface area contributed by atoms with Crippen molar-refractivity contribution >= 4 is 123 Å². The van der Waals surface area contributed by atoms with Crippen LogP contribution in [0.4, 0.5) is 0 Å². The van der Waals surface area contributed by atoms with Crippen molar-refractivity contribution in [3.8, 4) is 17.1 Å². The van der Waals surface area contributed by atoms with Gasteiger partial charge in [0.15, 0.2) is 16.1 Å². The van der Waals surface area contributed by atoms with Crippen molar-refractivity contribution < 1.29 is 0 Å². The maximum Gasteiger partial charge on any atom is 0.179 e. The maximum absolute atomic E-state index is 3.12. The summed E-state index contributed by atoms with van der Waals surface area (Å²) in [5.74, 6) is 0. The van der Waals surface area contributed by atoms with Gasteiger partial charge < -0.3 is 13.7 Å². The predicted molar refractivity (Wildman–Crippen MR) is 485 cm³/mol. The smallest absolute Gasteiger partial charge is 0.179 e. The minimum absolute atomic E-state index is 0.256. The van der Waals surface area contributed by atoms with Crippen LogP contribution in [0.15, 0.2) is 394 Å². The summed E-state index contributed by atoms with van der Waals surface area (Å²) < 4.78 is 7.64. The molecule has 4 heterocycles. The zero-order chi connectivity index (χ0) is 76.6. The monoisotopic (exact) mass is 1480 g/mol. The predicted octanol–water partition coefficient (Wildman–Crippen LogP) is 21.3. The van der Waals surface area contributed by atoms with E-state index in [1.165, 1.54) is 140 Å². The first-order chi connectivity index (χ1) is 55.1. The van der Waals surface area contributed by atoms with Gasteiger partial charge in [0.2, 0.25) is 0 Å². The van der Waals surface area contributed by atoms with E-state index >= 15 is 0 Å². The van der Waals surface area contributed by atoms with E-state index < -0.39 is 16.1 Å². The van der Waals surface area contributed by atoms with Crippen LogP contribution >= 0.6 is 0 Å². The van der Waals surface area contributed by atoms with E-state index in [0.717, 1.165) is 28.1 Å². The molecule has 3 nitrogen and oxygen atoms in total. The van der Waals surface area contributed by atoms with Crippen molar-refractivity contribution in [2.45, 2.75) is 77.0 Å². The summed E-state index contributed by atoms with van der Waals surface area (Å²) in [6, 6.07) is 151. The van der Waals surface area contributed by atoms with Crippen LogP contribution in [0.1, 0.15) is 99.9 Å². The molecule has 0 atom stereocenters. The Hall–Kier alpha value is -12.6. The summed E-state index contributed by atoms with van der Waals surface area (Å²) in [6.07, 6.45) is 0. The molecule has 1 aliphatic heterocycles. The van der Waals surface area contributed by atoms with Gasteiger partial charge in [-0.05, 0) is 183 Å². The molecule has 0 bridgehead atoms. The van der Waals surface area contributed by atoms with Crippen molar-refractivity contribution in [2.24, 2.45) is 0 Å². The standard InChI is InChI=1S/C108H89N3Si2/c1-105(2,74-34-16-9-17-35-74)78-52-62-95-89(68-78)90-69-79(106(3,4)75-36-18-10-19-37-75)53-63-96(90)110(95)83-58-66-99-93(72-83)94-73-84(111-97-64-54-80(107(5,6)76-38-20-11-21-39-76)70-91(97)92-71-81(55-65-98(92)111)108(7,8)77-40-22-12-23-41-77)59-67-100(94)109(99)82-56-60-88(61-57-82)113(87-46-28-15-29-47-87)103-50-32-30-48-101(103)112(85-42-24-13-25-43-85,86-44-26-14-27-45-86)102-49-31-33-51-104(102)113/h9-73H,1-8H3. The maximum atomic E-state index is 2.55. The lowest BCUT2D eigenvalue weighted by molar-refractivity contribution is 0.641. The number of fused-ring (bicyclic) bond motifs is 11. The van der Waals surface area contributed by atoms with Crippen molar-refractivity contribution in [3.63, 3.8) is 0 Å². The lowest BCUT2D eigenvalue weighted by atomic mass is 9.77. The van der Waals surface area contributed by atoms with E-state index in [2.05, 4.69) is 463 Å². The van der Waals surface area contributed by atoms with Crippen LogP contribution < -0.4 is 41.5 Å². The van der Waals surface area contributed by atoms with Crippen LogP contribution in [0, 0.1) is 0 Å². The first-order valence-electron chi connectivity index (χ1n) is 40.0. The second kappa shape index (κ2) is 26.5. The summed E-state index contributed by atoms with van der Waals surface area (Å²) in [4.78, 5) is 0. The van der Waals surface area contributed by atoms with Crippen LogP contribution in [0.3, 0.4) is 0 Å². The molecule has 20 rings (SSSR count). The van der Waals surface area contributed by atoms with E-state index in [-0.39, 0.29) is 21.7 Å². The molecule has 0 aliphatic carbocycles. The van der Waals surface area contributed by atoms with Gasteiger partial charge in [0.1, 0.15) is 0 Å². The van der Waals surface area contributed by atoms with Crippen LogP contribution in [0.25, 0.3) is 82.5 Å². The van der Waals surface area contributed by atoms with E-state index in [4.69, 9.17) is 0 Å². The second-order valence-corrected chi connectivity index (χ2v) is 41.0. The molecule has 19 aromatic rings. The van der Waals surface area contributed by atoms with Gasteiger partial charge in [0, 0.05) is 71.0 Å². The first kappa shape index (κ1) is 69.5. The summed E-state index contributed by atoms with van der Waals surface area (Å²) in [5.41, 5.74) is 19.5. The Bertz CT molecular complexity index is 6280. The quantitative estimate of drug-likeness (QED) is 0.0909. The molecule has 0 amide bonds. The van der Waals surface area contributed by atoms with Crippen LogP contribution in [-0.2, 0) is 21.7 Å². The third-order valence-corrected chi connectivity index (χ3v) is 36.6. The lowest BCUT2D eigenvalue weighted by Gasteiger charge is -2.48. The first-order valence-corrected chi connectivity index (χ1v) is 44.0. The molecule has 0 unspecified atom stereocenters. The van der Waals surface area contributed by atoms with Gasteiger partial charge in [-0.2, -0.15) is 0 Å². The molecule has 0 N–H and O–H groups in total. The fraction of sp³-hybridized carbons (Fsp3) is 0.111. The number of rotatable bonds is 15. The zero-order valence-corrected chi connectivity index (χ0v) is 67.4. The third kappa shape index (κ3) is 10.6. The number of nitrogens with zero attached hydrogens (tertiary/aromatic N) is 3. The average molecular weight is 1490 g/mol. The van der Waals surface area contributed by atoms with Gasteiger partial charge >= 0.3 is 0 Å². The molecule has 0 spiro atoms. The number of aromatic nitrogens is 3. The summed E-state index contributed by atoms with van der Waals surface area (Å²) in [6.45, 7) is 18.9. The number of hydrogen-bond acceptors (Lipinski definition) is 0. The largest absolute Gasteiger partial charge is 0.309 e. The average Bonchev–Trinajstić information content (AvgIpc) is 1.12. The van der Waals surface area contributed by atoms with E-state index in [0.29, 0.717) is 0 Å². The number of benzene rings is 16. The highest BCUT2D eigenvalue weighted by Crippen LogP contribution is 2.46. The summed E-state index contributed by atoms with van der Waals surface area (Å²) in [5, 5.41) is 18.7. The number of hydrogen-bond donors (Lipinski definition) is 0. The fourth-order valence-electron chi connectivity index (χ4n) is 19.9. The Morgan fingerprint density at radius 1 is 0.168 bits per heavy atom. The van der Waals surface area contributed by atoms with Gasteiger partial charge in [-0.15, -0.1) is 0 Å². The molecule has 113 heavy (non-hydrogen) atoms. The van der Waals surface area contributed by atoms with Gasteiger partial charge in [-0.25, -0.2) is 0 Å². The van der Waals surface area contributed by atoms with E-state index in [1.54, 1.807) is 0 Å². The SMILES string of the molecule is CC(C)(c1ccccc1)c1ccc2c(c1)c1cc(C(C)(C)c3ccccc3)ccc1n2-c1ccc2c(c1)c1cc(-n3c4ccc(C(C)(C)c5ccccc5)cc4c4cc(C(C)(C)c5ccccc5)ccc43)ccc1n2-c1ccc([Si]2(c3ccccc3)c3ccccc3[Si](c3ccccc3)(c3ccccc3)c3ccccc32)cc1. The summed E-state index contributed by atoms with van der Waals surface area (Å²) in [7, 11) is -6.04. The topological polar surface area (TPSA) is 14.8 Å². The highest BCUT2D eigenvalue weighted by Gasteiger charge is 2.56. The molecular weight excluding hydrogens is 1400 g/mol. The van der Waals surface area contributed by atoms with Crippen molar-refractivity contribution in [1.82, 2.24) is 13.7 Å². The molecule has 0 saturated heterocycles. The van der Waals surface area contributed by atoms with Crippen molar-refractivity contribution in [2.75, 3.05) is 0 Å². The normalized spacial score (nSPS) is 13.6. The Morgan fingerprint density at radius 2 is 0.363 bits per heavy atom. The minimum Gasteiger partial charge on any atom is -0.309 e. The molecule has 0 fully saturated rings. The van der Waals surface area contributed by atoms with Crippen LogP contribution in [-0.4, -0.2) is 29.8 Å². The van der Waals surface area contributed by atoms with Crippen LogP contribution in [0.2, 0.25) is 0 Å². The van der Waals surface area contributed by atoms with E-state index in [9.17, 15) is 0 Å². The molecule has 1 aliphatic rings. The molecule has 0 saturated carbocycles. The third-order valence-electron chi connectivity index (χ3n) is 26.3. The summed E-state index contributed by atoms with van der Waals surface area (Å²) >= 11 is 0. The highest BCUT2D eigenvalue weighted by atomic mass is 28.3. The Morgan fingerprint density at radius 3 is 0.619 bits per heavy atom. The molecule has 544 valence electrons. The molecule has 16 aromatic carbocycles. The molecular formula is C108H89N3Si2.